The second-order valence-electron chi connectivity index (χ2n) is 4.08. The Morgan fingerprint density at radius 1 is 1.32 bits per heavy atom. The third-order valence-corrected chi connectivity index (χ3v) is 3.21. The number of hydrogen-bond donors (Lipinski definition) is 1. The zero-order valence-electron chi connectivity index (χ0n) is 11.0. The Morgan fingerprint density at radius 3 is 2.84 bits per heavy atom. The normalized spacial score (nSPS) is 10.6. The van der Waals surface area contributed by atoms with E-state index in [9.17, 15) is 0 Å². The van der Waals surface area contributed by atoms with Crippen LogP contribution in [0.3, 0.4) is 0 Å². The standard InChI is InChI=1S/C13H17N3O2S/c1-17-8-7-16-12(14-15-13(16)19)9-10-5-3-4-6-11(10)18-2/h3-6H,7-9H2,1-2H3,(H,15,19). The van der Waals surface area contributed by atoms with Crippen molar-refractivity contribution in [2.24, 2.45) is 0 Å². The Kier molecular flexibility index (Phi) is 4.70. The van der Waals surface area contributed by atoms with E-state index in [-0.39, 0.29) is 0 Å². The van der Waals surface area contributed by atoms with Gasteiger partial charge >= 0.3 is 0 Å². The molecule has 6 heteroatoms. The van der Waals surface area contributed by atoms with Gasteiger partial charge in [-0.05, 0) is 18.3 Å². The highest BCUT2D eigenvalue weighted by molar-refractivity contribution is 7.71. The molecule has 0 saturated heterocycles. The lowest BCUT2D eigenvalue weighted by Gasteiger charge is -2.09. The van der Waals surface area contributed by atoms with Gasteiger partial charge in [0.25, 0.3) is 0 Å². The second kappa shape index (κ2) is 6.49. The molecule has 1 heterocycles. The highest BCUT2D eigenvalue weighted by Gasteiger charge is 2.10. The third-order valence-electron chi connectivity index (χ3n) is 2.90. The van der Waals surface area contributed by atoms with E-state index in [4.69, 9.17) is 21.7 Å². The highest BCUT2D eigenvalue weighted by atomic mass is 32.1. The molecule has 0 aliphatic rings. The van der Waals surface area contributed by atoms with Crippen LogP contribution in [0.4, 0.5) is 0 Å². The topological polar surface area (TPSA) is 52.1 Å². The average molecular weight is 279 g/mol. The molecule has 5 nitrogen and oxygen atoms in total. The van der Waals surface area contributed by atoms with E-state index in [0.29, 0.717) is 24.3 Å². The van der Waals surface area contributed by atoms with Crippen molar-refractivity contribution in [2.75, 3.05) is 20.8 Å². The van der Waals surface area contributed by atoms with E-state index in [1.165, 1.54) is 0 Å². The summed E-state index contributed by atoms with van der Waals surface area (Å²) in [4.78, 5) is 0. The van der Waals surface area contributed by atoms with Gasteiger partial charge in [0.05, 0.1) is 13.7 Å². The summed E-state index contributed by atoms with van der Waals surface area (Å²) in [5.41, 5.74) is 1.08. The molecule has 0 fully saturated rings. The van der Waals surface area contributed by atoms with Gasteiger partial charge in [-0.2, -0.15) is 5.10 Å². The Labute approximate surface area is 117 Å². The van der Waals surface area contributed by atoms with Crippen molar-refractivity contribution in [1.29, 1.82) is 0 Å². The molecule has 0 saturated carbocycles. The van der Waals surface area contributed by atoms with Gasteiger partial charge in [-0.1, -0.05) is 18.2 Å². The van der Waals surface area contributed by atoms with Crippen LogP contribution < -0.4 is 4.74 Å². The lowest BCUT2D eigenvalue weighted by atomic mass is 10.1. The third kappa shape index (κ3) is 3.21. The molecule has 2 rings (SSSR count). The number of nitrogens with zero attached hydrogens (tertiary/aromatic N) is 2. The zero-order valence-corrected chi connectivity index (χ0v) is 11.9. The monoisotopic (exact) mass is 279 g/mol. The Hall–Kier alpha value is -1.66. The lowest BCUT2D eigenvalue weighted by Crippen LogP contribution is -2.09. The van der Waals surface area contributed by atoms with Crippen LogP contribution in [-0.4, -0.2) is 35.6 Å². The average Bonchev–Trinajstić information content (AvgIpc) is 2.78. The minimum absolute atomic E-state index is 0.604. The fourth-order valence-corrected chi connectivity index (χ4v) is 2.16. The summed E-state index contributed by atoms with van der Waals surface area (Å²) in [7, 11) is 3.34. The van der Waals surface area contributed by atoms with Crippen LogP contribution in [0.1, 0.15) is 11.4 Å². The fourth-order valence-electron chi connectivity index (χ4n) is 1.92. The number of para-hydroxylation sites is 1. The largest absolute Gasteiger partial charge is 0.496 e. The SMILES string of the molecule is COCCn1c(Cc2ccccc2OC)n[nH]c1=S. The van der Waals surface area contributed by atoms with Gasteiger partial charge in [0.2, 0.25) is 0 Å². The Balaban J connectivity index is 2.25. The van der Waals surface area contributed by atoms with Crippen LogP contribution >= 0.6 is 12.2 Å². The maximum Gasteiger partial charge on any atom is 0.195 e. The van der Waals surface area contributed by atoms with E-state index >= 15 is 0 Å². The Bertz CT molecular complexity index is 592. The van der Waals surface area contributed by atoms with E-state index < -0.39 is 0 Å². The van der Waals surface area contributed by atoms with Gasteiger partial charge in [0.1, 0.15) is 11.6 Å². The second-order valence-corrected chi connectivity index (χ2v) is 4.46. The molecule has 0 aliphatic heterocycles. The van der Waals surface area contributed by atoms with Crippen LogP contribution in [0.25, 0.3) is 0 Å². The van der Waals surface area contributed by atoms with Crippen molar-refractivity contribution in [1.82, 2.24) is 14.8 Å². The van der Waals surface area contributed by atoms with Crippen molar-refractivity contribution < 1.29 is 9.47 Å². The molecule has 1 N–H and O–H groups in total. The van der Waals surface area contributed by atoms with E-state index in [1.54, 1.807) is 14.2 Å². The number of hydrogen-bond acceptors (Lipinski definition) is 4. The lowest BCUT2D eigenvalue weighted by molar-refractivity contribution is 0.186. The van der Waals surface area contributed by atoms with Crippen LogP contribution in [0.5, 0.6) is 5.75 Å². The zero-order chi connectivity index (χ0) is 13.7. The number of rotatable bonds is 6. The summed E-state index contributed by atoms with van der Waals surface area (Å²) in [6, 6.07) is 7.90. The molecule has 0 bridgehead atoms. The maximum atomic E-state index is 5.35. The summed E-state index contributed by atoms with van der Waals surface area (Å²) in [5.74, 6) is 1.74. The van der Waals surface area contributed by atoms with Crippen molar-refractivity contribution >= 4 is 12.2 Å². The first-order chi connectivity index (χ1) is 9.26. The van der Waals surface area contributed by atoms with Crippen LogP contribution in [0.15, 0.2) is 24.3 Å². The summed E-state index contributed by atoms with van der Waals surface area (Å²) >= 11 is 5.22. The summed E-state index contributed by atoms with van der Waals surface area (Å²) in [6.07, 6.45) is 0.668. The molecule has 19 heavy (non-hydrogen) atoms. The number of aromatic amines is 1. The van der Waals surface area contributed by atoms with Crippen molar-refractivity contribution in [2.45, 2.75) is 13.0 Å². The predicted molar refractivity (Wildman–Crippen MR) is 75.1 cm³/mol. The van der Waals surface area contributed by atoms with Gasteiger partial charge in [-0.15, -0.1) is 0 Å². The number of methoxy groups -OCH3 is 2. The van der Waals surface area contributed by atoms with Crippen LogP contribution in [-0.2, 0) is 17.7 Å². The summed E-state index contributed by atoms with van der Waals surface area (Å²) in [5, 5.41) is 7.10. The fraction of sp³-hybridized carbons (Fsp3) is 0.385. The quantitative estimate of drug-likeness (QED) is 0.824. The van der Waals surface area contributed by atoms with Gasteiger partial charge in [-0.25, -0.2) is 0 Å². The summed E-state index contributed by atoms with van der Waals surface area (Å²) in [6.45, 7) is 1.29. The predicted octanol–water partition coefficient (Wildman–Crippen LogP) is 2.19. The molecule has 1 aromatic heterocycles. The molecule has 0 spiro atoms. The molecule has 0 aliphatic carbocycles. The van der Waals surface area contributed by atoms with Crippen molar-refractivity contribution in [3.63, 3.8) is 0 Å². The van der Waals surface area contributed by atoms with E-state index in [1.807, 2.05) is 28.8 Å². The number of nitrogens with one attached hydrogen (secondary N) is 1. The first kappa shape index (κ1) is 13.8. The number of ether oxygens (including phenoxy) is 2. The molecular weight excluding hydrogens is 262 g/mol. The maximum absolute atomic E-state index is 5.35. The molecule has 2 aromatic rings. The molecule has 0 radical (unpaired) electrons. The number of benzene rings is 1. The van der Waals surface area contributed by atoms with Crippen molar-refractivity contribution in [3.05, 3.63) is 40.4 Å². The molecule has 1 aromatic carbocycles. The van der Waals surface area contributed by atoms with Crippen molar-refractivity contribution in [3.8, 4) is 5.75 Å². The van der Waals surface area contributed by atoms with Gasteiger partial charge < -0.3 is 14.0 Å². The number of aromatic nitrogens is 3. The van der Waals surface area contributed by atoms with Gasteiger partial charge in [-0.3, -0.25) is 5.10 Å². The van der Waals surface area contributed by atoms with Crippen LogP contribution in [0.2, 0.25) is 0 Å². The Morgan fingerprint density at radius 2 is 2.11 bits per heavy atom. The van der Waals surface area contributed by atoms with Gasteiger partial charge in [0, 0.05) is 25.6 Å². The molecule has 0 unspecified atom stereocenters. The van der Waals surface area contributed by atoms with E-state index in [2.05, 4.69) is 10.2 Å². The highest BCUT2D eigenvalue weighted by Crippen LogP contribution is 2.20. The molecule has 102 valence electrons. The van der Waals surface area contributed by atoms with E-state index in [0.717, 1.165) is 17.1 Å². The smallest absolute Gasteiger partial charge is 0.195 e. The van der Waals surface area contributed by atoms with Gasteiger partial charge in [0.15, 0.2) is 4.77 Å². The molecule has 0 atom stereocenters. The summed E-state index contributed by atoms with van der Waals surface area (Å²) < 4.78 is 13.0. The minimum atomic E-state index is 0.604. The first-order valence-corrected chi connectivity index (χ1v) is 6.42. The minimum Gasteiger partial charge on any atom is -0.496 e. The van der Waals surface area contributed by atoms with Crippen LogP contribution in [0, 0.1) is 4.77 Å². The molecule has 0 amide bonds. The number of H-pyrrole nitrogens is 1. The molecular formula is C13H17N3O2S. The first-order valence-electron chi connectivity index (χ1n) is 6.01.